The first kappa shape index (κ1) is 13.6. The summed E-state index contributed by atoms with van der Waals surface area (Å²) in [5.41, 5.74) is 3.53. The molecule has 2 heterocycles. The van der Waals surface area contributed by atoms with E-state index in [1.165, 1.54) is 6.07 Å². The molecule has 0 spiro atoms. The van der Waals surface area contributed by atoms with E-state index in [4.69, 9.17) is 14.4 Å². The van der Waals surface area contributed by atoms with Crippen molar-refractivity contribution in [3.05, 3.63) is 35.6 Å². The maximum Gasteiger partial charge on any atom is 0.374 e. The summed E-state index contributed by atoms with van der Waals surface area (Å²) >= 11 is 0. The first-order valence-electron chi connectivity index (χ1n) is 6.79. The smallest absolute Gasteiger partial charge is 0.374 e. The largest absolute Gasteiger partial charge is 0.475 e. The van der Waals surface area contributed by atoms with Crippen molar-refractivity contribution in [2.45, 2.75) is 6.92 Å². The van der Waals surface area contributed by atoms with Gasteiger partial charge in [0, 0.05) is 30.4 Å². The summed E-state index contributed by atoms with van der Waals surface area (Å²) in [6.07, 6.45) is 0. The molecule has 6 nitrogen and oxygen atoms in total. The van der Waals surface area contributed by atoms with Gasteiger partial charge >= 0.3 is 5.97 Å². The zero-order chi connectivity index (χ0) is 14.8. The number of carbonyl (C=O) groups is 1. The van der Waals surface area contributed by atoms with Gasteiger partial charge in [-0.25, -0.2) is 4.79 Å². The molecule has 110 valence electrons. The highest BCUT2D eigenvalue weighted by atomic mass is 16.5. The molecule has 1 aliphatic heterocycles. The molecule has 1 fully saturated rings. The van der Waals surface area contributed by atoms with E-state index in [1.54, 1.807) is 0 Å². The zero-order valence-corrected chi connectivity index (χ0v) is 11.7. The van der Waals surface area contributed by atoms with E-state index in [9.17, 15) is 4.79 Å². The number of hydrogen-bond acceptors (Lipinski definition) is 5. The molecule has 0 saturated carbocycles. The molecule has 1 aromatic carbocycles. The van der Waals surface area contributed by atoms with Crippen LogP contribution in [0.25, 0.3) is 11.3 Å². The summed E-state index contributed by atoms with van der Waals surface area (Å²) in [4.78, 5) is 13.2. The average molecular weight is 288 g/mol. The summed E-state index contributed by atoms with van der Waals surface area (Å²) in [5, 5.41) is 12.8. The molecule has 0 amide bonds. The van der Waals surface area contributed by atoms with Gasteiger partial charge in [-0.1, -0.05) is 16.8 Å². The second-order valence-electron chi connectivity index (χ2n) is 5.00. The molecule has 21 heavy (non-hydrogen) atoms. The van der Waals surface area contributed by atoms with E-state index in [0.717, 1.165) is 29.9 Å². The monoisotopic (exact) mass is 288 g/mol. The number of aryl methyl sites for hydroxylation is 1. The lowest BCUT2D eigenvalue weighted by atomic mass is 10.0. The van der Waals surface area contributed by atoms with Crippen molar-refractivity contribution in [2.24, 2.45) is 0 Å². The number of aromatic nitrogens is 1. The SMILES string of the molecule is Cc1ccc(N2CCOCC2)c(-c2cc(C(=O)O)on2)c1. The lowest BCUT2D eigenvalue weighted by Gasteiger charge is -2.30. The summed E-state index contributed by atoms with van der Waals surface area (Å²) in [7, 11) is 0. The highest BCUT2D eigenvalue weighted by Gasteiger charge is 2.19. The van der Waals surface area contributed by atoms with Gasteiger partial charge in [0.05, 0.1) is 13.2 Å². The summed E-state index contributed by atoms with van der Waals surface area (Å²) in [5.74, 6) is -1.27. The fourth-order valence-electron chi connectivity index (χ4n) is 2.44. The second-order valence-corrected chi connectivity index (χ2v) is 5.00. The molecular formula is C15H16N2O4. The van der Waals surface area contributed by atoms with E-state index in [0.29, 0.717) is 18.9 Å². The number of benzene rings is 1. The maximum atomic E-state index is 10.9. The molecule has 6 heteroatoms. The predicted octanol–water partition coefficient (Wildman–Crippen LogP) is 2.18. The first-order chi connectivity index (χ1) is 10.1. The second kappa shape index (κ2) is 5.57. The molecule has 0 atom stereocenters. The Morgan fingerprint density at radius 3 is 2.71 bits per heavy atom. The third-order valence-corrected chi connectivity index (χ3v) is 3.50. The van der Waals surface area contributed by atoms with Gasteiger partial charge in [0.1, 0.15) is 5.69 Å². The van der Waals surface area contributed by atoms with E-state index >= 15 is 0 Å². The predicted molar refractivity (Wildman–Crippen MR) is 76.7 cm³/mol. The third kappa shape index (κ3) is 2.75. The number of carboxylic acids is 1. The van der Waals surface area contributed by atoms with Crippen LogP contribution in [0.3, 0.4) is 0 Å². The summed E-state index contributed by atoms with van der Waals surface area (Å²) in [6.45, 7) is 4.98. The minimum absolute atomic E-state index is 0.153. The Kier molecular flexibility index (Phi) is 3.62. The Bertz CT molecular complexity index is 659. The molecule has 1 aliphatic rings. The number of hydrogen-bond donors (Lipinski definition) is 1. The van der Waals surface area contributed by atoms with Crippen LogP contribution in [-0.2, 0) is 4.74 Å². The maximum absolute atomic E-state index is 10.9. The van der Waals surface area contributed by atoms with E-state index in [2.05, 4.69) is 10.1 Å². The van der Waals surface area contributed by atoms with Gasteiger partial charge in [-0.15, -0.1) is 0 Å². The van der Waals surface area contributed by atoms with Crippen LogP contribution in [-0.4, -0.2) is 42.5 Å². The van der Waals surface area contributed by atoms with Crippen LogP contribution in [0.2, 0.25) is 0 Å². The zero-order valence-electron chi connectivity index (χ0n) is 11.7. The van der Waals surface area contributed by atoms with E-state index < -0.39 is 5.97 Å². The third-order valence-electron chi connectivity index (χ3n) is 3.50. The van der Waals surface area contributed by atoms with Gasteiger partial charge in [0.2, 0.25) is 5.76 Å². The lowest BCUT2D eigenvalue weighted by molar-refractivity contribution is 0.0652. The minimum atomic E-state index is -1.12. The molecule has 0 bridgehead atoms. The van der Waals surface area contributed by atoms with Crippen molar-refractivity contribution in [1.82, 2.24) is 5.16 Å². The van der Waals surface area contributed by atoms with Gasteiger partial charge in [0.25, 0.3) is 0 Å². The van der Waals surface area contributed by atoms with Crippen molar-refractivity contribution in [3.8, 4) is 11.3 Å². The molecule has 0 aliphatic carbocycles. The quantitative estimate of drug-likeness (QED) is 0.933. The van der Waals surface area contributed by atoms with E-state index in [-0.39, 0.29) is 5.76 Å². The van der Waals surface area contributed by atoms with Crippen LogP contribution in [0, 0.1) is 6.92 Å². The van der Waals surface area contributed by atoms with Crippen LogP contribution < -0.4 is 4.90 Å². The van der Waals surface area contributed by atoms with Crippen molar-refractivity contribution in [1.29, 1.82) is 0 Å². The van der Waals surface area contributed by atoms with Crippen molar-refractivity contribution in [3.63, 3.8) is 0 Å². The Hall–Kier alpha value is -2.34. The van der Waals surface area contributed by atoms with Gasteiger partial charge in [-0.05, 0) is 19.1 Å². The Labute approximate surface area is 121 Å². The highest BCUT2D eigenvalue weighted by Crippen LogP contribution is 2.32. The summed E-state index contributed by atoms with van der Waals surface area (Å²) < 4.78 is 10.2. The molecule has 1 N–H and O–H groups in total. The summed E-state index contributed by atoms with van der Waals surface area (Å²) in [6, 6.07) is 7.52. The van der Waals surface area contributed by atoms with Gasteiger partial charge in [-0.3, -0.25) is 0 Å². The van der Waals surface area contributed by atoms with Crippen molar-refractivity contribution >= 4 is 11.7 Å². The topological polar surface area (TPSA) is 75.8 Å². The number of carboxylic acid groups (broad SMARTS) is 1. The average Bonchev–Trinajstić information content (AvgIpc) is 2.98. The van der Waals surface area contributed by atoms with Crippen LogP contribution in [0.4, 0.5) is 5.69 Å². The molecular weight excluding hydrogens is 272 g/mol. The van der Waals surface area contributed by atoms with Crippen LogP contribution in [0.5, 0.6) is 0 Å². The normalized spacial score (nSPS) is 15.2. The van der Waals surface area contributed by atoms with Crippen molar-refractivity contribution in [2.75, 3.05) is 31.2 Å². The molecule has 2 aromatic rings. The Morgan fingerprint density at radius 2 is 2.05 bits per heavy atom. The molecule has 1 aromatic heterocycles. The molecule has 3 rings (SSSR count). The Morgan fingerprint density at radius 1 is 1.29 bits per heavy atom. The van der Waals surface area contributed by atoms with Crippen molar-refractivity contribution < 1.29 is 19.2 Å². The number of morpholine rings is 1. The van der Waals surface area contributed by atoms with E-state index in [1.807, 2.05) is 25.1 Å². The highest BCUT2D eigenvalue weighted by molar-refractivity contribution is 5.87. The number of ether oxygens (including phenoxy) is 1. The number of aromatic carboxylic acids is 1. The fourth-order valence-corrected chi connectivity index (χ4v) is 2.44. The minimum Gasteiger partial charge on any atom is -0.475 e. The fraction of sp³-hybridized carbons (Fsp3) is 0.333. The van der Waals surface area contributed by atoms with Crippen LogP contribution >= 0.6 is 0 Å². The van der Waals surface area contributed by atoms with Gasteiger partial charge in [0.15, 0.2) is 0 Å². The first-order valence-corrected chi connectivity index (χ1v) is 6.79. The van der Waals surface area contributed by atoms with Crippen LogP contribution in [0.15, 0.2) is 28.8 Å². The molecule has 0 radical (unpaired) electrons. The van der Waals surface area contributed by atoms with Gasteiger partial charge < -0.3 is 19.3 Å². The Balaban J connectivity index is 2.02. The van der Waals surface area contributed by atoms with Crippen LogP contribution in [0.1, 0.15) is 16.1 Å². The number of nitrogens with zero attached hydrogens (tertiary/aromatic N) is 2. The molecule has 1 saturated heterocycles. The number of rotatable bonds is 3. The van der Waals surface area contributed by atoms with Gasteiger partial charge in [-0.2, -0.15) is 0 Å². The standard InChI is InChI=1S/C15H16N2O4/c1-10-2-3-13(17-4-6-20-7-5-17)11(8-10)12-9-14(15(18)19)21-16-12/h2-3,8-9H,4-7H2,1H3,(H,18,19). The lowest BCUT2D eigenvalue weighted by Crippen LogP contribution is -2.36. The number of anilines is 1. The molecule has 0 unspecified atom stereocenters.